The summed E-state index contributed by atoms with van der Waals surface area (Å²) < 4.78 is 6.26. The first kappa shape index (κ1) is 28.6. The summed E-state index contributed by atoms with van der Waals surface area (Å²) in [4.78, 5) is 33.4. The smallest absolute Gasteiger partial charge is 0.296 e. The number of thioether (sulfide) groups is 1. The van der Waals surface area contributed by atoms with E-state index in [1.54, 1.807) is 50.2 Å². The predicted octanol–water partition coefficient (Wildman–Crippen LogP) is 7.39. The van der Waals surface area contributed by atoms with Gasteiger partial charge in [-0.1, -0.05) is 64.5 Å². The van der Waals surface area contributed by atoms with Crippen LogP contribution in [0.2, 0.25) is 10.0 Å². The van der Waals surface area contributed by atoms with E-state index in [1.807, 2.05) is 13.0 Å². The van der Waals surface area contributed by atoms with Crippen molar-refractivity contribution in [3.05, 3.63) is 90.5 Å². The Morgan fingerprint density at radius 3 is 2.65 bits per heavy atom. The van der Waals surface area contributed by atoms with E-state index in [2.05, 4.69) is 15.2 Å². The van der Waals surface area contributed by atoms with Gasteiger partial charge >= 0.3 is 0 Å². The Hall–Kier alpha value is -2.96. The largest absolute Gasteiger partial charge is 0.503 e. The van der Waals surface area contributed by atoms with Crippen LogP contribution in [0, 0.1) is 13.8 Å². The molecule has 4 aromatic rings. The number of hydrogen-bond donors (Lipinski definition) is 1. The van der Waals surface area contributed by atoms with Crippen LogP contribution in [0.1, 0.15) is 44.5 Å². The molecule has 0 fully saturated rings. The van der Waals surface area contributed by atoms with Gasteiger partial charge in [-0.2, -0.15) is 0 Å². The molecule has 5 rings (SSSR count). The van der Waals surface area contributed by atoms with Crippen molar-refractivity contribution in [1.29, 1.82) is 0 Å². The number of aromatic nitrogens is 3. The zero-order valence-corrected chi connectivity index (χ0v) is 25.4. The molecule has 3 heterocycles. The second kappa shape index (κ2) is 11.9. The molecule has 0 saturated carbocycles. The van der Waals surface area contributed by atoms with Crippen molar-refractivity contribution in [2.45, 2.75) is 36.9 Å². The van der Waals surface area contributed by atoms with Crippen LogP contribution in [0.25, 0.3) is 0 Å². The number of amides is 1. The number of halogens is 2. The summed E-state index contributed by atoms with van der Waals surface area (Å²) in [5, 5.41) is 21.6. The number of carbonyl (C=O) groups excluding carboxylic acids is 2. The molecule has 8 nitrogen and oxygen atoms in total. The minimum absolute atomic E-state index is 0.0391. The monoisotopic (exact) mass is 632 g/mol. The Labute approximate surface area is 252 Å². The van der Waals surface area contributed by atoms with Crippen LogP contribution in [0.5, 0.6) is 5.75 Å². The summed E-state index contributed by atoms with van der Waals surface area (Å²) in [6, 6.07) is 11.4. The van der Waals surface area contributed by atoms with Gasteiger partial charge in [-0.15, -0.1) is 21.5 Å². The molecule has 1 amide bonds. The molecule has 2 aromatic carbocycles. The summed E-state index contributed by atoms with van der Waals surface area (Å²) in [5.41, 5.74) is 1.96. The lowest BCUT2D eigenvalue weighted by Crippen LogP contribution is -2.31. The molecule has 2 aromatic heterocycles. The van der Waals surface area contributed by atoms with E-state index in [4.69, 9.17) is 27.9 Å². The fourth-order valence-corrected chi connectivity index (χ4v) is 7.59. The van der Waals surface area contributed by atoms with E-state index in [0.29, 0.717) is 53.6 Å². The SMILES string of the molecule is CCOc1cccc(C2C(C(=O)c3sc(C)nc3C)=C(O)C(=O)N2c2nnc(SCc3ccc(Cl)cc3Cl)s2)c1. The number of aliphatic hydroxyl groups excluding tert-OH is 1. The van der Waals surface area contributed by atoms with Gasteiger partial charge in [0.1, 0.15) is 5.75 Å². The van der Waals surface area contributed by atoms with Crippen molar-refractivity contribution in [3.8, 4) is 5.75 Å². The number of ketones is 1. The van der Waals surface area contributed by atoms with E-state index in [1.165, 1.54) is 39.3 Å². The molecule has 1 aliphatic rings. The number of anilines is 1. The van der Waals surface area contributed by atoms with Crippen LogP contribution in [0.3, 0.4) is 0 Å². The van der Waals surface area contributed by atoms with Crippen LogP contribution in [-0.4, -0.2) is 38.6 Å². The Kier molecular flexibility index (Phi) is 8.48. The first-order valence-electron chi connectivity index (χ1n) is 12.1. The zero-order valence-electron chi connectivity index (χ0n) is 21.5. The van der Waals surface area contributed by atoms with Crippen molar-refractivity contribution in [2.75, 3.05) is 11.5 Å². The number of ether oxygens (including phenoxy) is 1. The summed E-state index contributed by atoms with van der Waals surface area (Å²) in [5.74, 6) is -0.735. The lowest BCUT2D eigenvalue weighted by atomic mass is 9.95. The van der Waals surface area contributed by atoms with Crippen molar-refractivity contribution in [2.24, 2.45) is 0 Å². The first-order chi connectivity index (χ1) is 19.2. The normalized spacial score (nSPS) is 15.3. The molecule has 1 N–H and O–H groups in total. The van der Waals surface area contributed by atoms with Gasteiger partial charge in [0.05, 0.1) is 33.8 Å². The number of hydrogen-bond acceptors (Lipinski definition) is 10. The number of aryl methyl sites for hydroxylation is 2. The molecule has 1 atom stereocenters. The topological polar surface area (TPSA) is 106 Å². The van der Waals surface area contributed by atoms with Crippen LogP contribution in [0.15, 0.2) is 58.1 Å². The van der Waals surface area contributed by atoms with Gasteiger partial charge in [-0.25, -0.2) is 4.98 Å². The van der Waals surface area contributed by atoms with E-state index < -0.39 is 23.5 Å². The van der Waals surface area contributed by atoms with Crippen LogP contribution in [-0.2, 0) is 10.5 Å². The lowest BCUT2D eigenvalue weighted by molar-refractivity contribution is -0.117. The maximum absolute atomic E-state index is 13.8. The summed E-state index contributed by atoms with van der Waals surface area (Å²) in [7, 11) is 0. The fraction of sp³-hybridized carbons (Fsp3) is 0.222. The average molecular weight is 634 g/mol. The average Bonchev–Trinajstić information content (AvgIpc) is 3.59. The van der Waals surface area contributed by atoms with Gasteiger partial charge in [0.2, 0.25) is 10.9 Å². The molecule has 1 aliphatic heterocycles. The number of carbonyl (C=O) groups is 2. The van der Waals surface area contributed by atoms with Crippen molar-refractivity contribution < 1.29 is 19.4 Å². The second-order valence-electron chi connectivity index (χ2n) is 8.70. The quantitative estimate of drug-likeness (QED) is 0.116. The number of Topliss-reactive ketones (excluding diaryl/α,β-unsaturated/α-hetero) is 1. The fourth-order valence-electron chi connectivity index (χ4n) is 4.29. The molecule has 0 radical (unpaired) electrons. The minimum Gasteiger partial charge on any atom is -0.503 e. The maximum Gasteiger partial charge on any atom is 0.296 e. The number of nitrogens with zero attached hydrogens (tertiary/aromatic N) is 4. The first-order valence-corrected chi connectivity index (χ1v) is 15.4. The third kappa shape index (κ3) is 5.61. The highest BCUT2D eigenvalue weighted by Crippen LogP contribution is 2.45. The molecule has 13 heteroatoms. The van der Waals surface area contributed by atoms with Crippen LogP contribution < -0.4 is 9.64 Å². The number of thiazole rings is 1. The third-order valence-corrected chi connectivity index (χ3v) is 9.78. The second-order valence-corrected chi connectivity index (χ2v) is 12.9. The highest BCUT2D eigenvalue weighted by Gasteiger charge is 2.46. The predicted molar refractivity (Wildman–Crippen MR) is 159 cm³/mol. The van der Waals surface area contributed by atoms with E-state index in [9.17, 15) is 14.7 Å². The maximum atomic E-state index is 13.8. The standard InChI is InChI=1S/C27H22Cl2N4O4S3/c1-4-37-18-7-5-6-15(10-18)21-20(22(34)24-13(2)30-14(3)39-24)23(35)25(36)33(21)26-31-32-27(40-26)38-12-16-8-9-17(28)11-19(16)29/h5-11,21,35H,4,12H2,1-3H3. The van der Waals surface area contributed by atoms with E-state index in [0.717, 1.165) is 5.56 Å². The lowest BCUT2D eigenvalue weighted by Gasteiger charge is -2.24. The van der Waals surface area contributed by atoms with E-state index >= 15 is 0 Å². The molecular formula is C27H22Cl2N4O4S3. The number of benzene rings is 2. The van der Waals surface area contributed by atoms with Crippen molar-refractivity contribution in [1.82, 2.24) is 15.2 Å². The molecule has 40 heavy (non-hydrogen) atoms. The highest BCUT2D eigenvalue weighted by molar-refractivity contribution is 8.00. The molecule has 206 valence electrons. The van der Waals surface area contributed by atoms with Crippen LogP contribution >= 0.6 is 57.6 Å². The van der Waals surface area contributed by atoms with Crippen molar-refractivity contribution in [3.63, 3.8) is 0 Å². The molecule has 0 saturated heterocycles. The molecule has 1 unspecified atom stereocenters. The summed E-state index contributed by atoms with van der Waals surface area (Å²) in [6.07, 6.45) is 0. The van der Waals surface area contributed by atoms with Gasteiger partial charge in [0, 0.05) is 15.8 Å². The Morgan fingerprint density at radius 2 is 1.95 bits per heavy atom. The van der Waals surface area contributed by atoms with Crippen molar-refractivity contribution >= 4 is 74.5 Å². The Morgan fingerprint density at radius 1 is 1.15 bits per heavy atom. The summed E-state index contributed by atoms with van der Waals surface area (Å²) >= 11 is 16.1. The summed E-state index contributed by atoms with van der Waals surface area (Å²) in [6.45, 7) is 5.84. The Bertz CT molecular complexity index is 1650. The molecular weight excluding hydrogens is 611 g/mol. The van der Waals surface area contributed by atoms with Gasteiger partial charge in [0.25, 0.3) is 5.91 Å². The van der Waals surface area contributed by atoms with E-state index in [-0.39, 0.29) is 10.7 Å². The minimum atomic E-state index is -0.946. The van der Waals surface area contributed by atoms with Crippen LogP contribution in [0.4, 0.5) is 5.13 Å². The van der Waals surface area contributed by atoms with Gasteiger partial charge in [-0.3, -0.25) is 14.5 Å². The van der Waals surface area contributed by atoms with Gasteiger partial charge in [-0.05, 0) is 56.2 Å². The third-order valence-electron chi connectivity index (χ3n) is 6.02. The number of aliphatic hydroxyl groups is 1. The van der Waals surface area contributed by atoms with Gasteiger partial charge < -0.3 is 9.84 Å². The highest BCUT2D eigenvalue weighted by atomic mass is 35.5. The molecule has 0 bridgehead atoms. The molecule has 0 spiro atoms. The number of rotatable bonds is 9. The zero-order chi connectivity index (χ0) is 28.6. The van der Waals surface area contributed by atoms with Gasteiger partial charge in [0.15, 0.2) is 10.1 Å². The molecule has 0 aliphatic carbocycles. The Balaban J connectivity index is 1.52.